The number of hydrogen-bond donors (Lipinski definition) is 2. The van der Waals surface area contributed by atoms with Crippen molar-refractivity contribution in [2.24, 2.45) is 0 Å². The van der Waals surface area contributed by atoms with E-state index in [1.165, 1.54) is 44.6 Å². The van der Waals surface area contributed by atoms with Crippen LogP contribution in [0.5, 0.6) is 0 Å². The Morgan fingerprint density at radius 2 is 1.83 bits per heavy atom. The fourth-order valence-electron chi connectivity index (χ4n) is 3.31. The highest BCUT2D eigenvalue weighted by atomic mass is 19.1. The van der Waals surface area contributed by atoms with Gasteiger partial charge in [0.25, 0.3) is 0 Å². The van der Waals surface area contributed by atoms with Crippen molar-refractivity contribution in [3.63, 3.8) is 0 Å². The van der Waals surface area contributed by atoms with Gasteiger partial charge in [-0.1, -0.05) is 12.8 Å². The average Bonchev–Trinajstić information content (AvgIpc) is 3.29. The van der Waals surface area contributed by atoms with Crippen molar-refractivity contribution in [3.05, 3.63) is 41.3 Å². The molecule has 0 amide bonds. The number of nitrogens with one attached hydrogen (secondary N) is 2. The summed E-state index contributed by atoms with van der Waals surface area (Å²) < 4.78 is 13.4. The number of hydrogen-bond acceptors (Lipinski definition) is 4. The topological polar surface area (TPSA) is 49.8 Å². The lowest BCUT2D eigenvalue weighted by molar-refractivity contribution is 0.619. The quantitative estimate of drug-likeness (QED) is 0.820. The summed E-state index contributed by atoms with van der Waals surface area (Å²) in [6, 6.07) is 7.54. The Labute approximate surface area is 141 Å². The molecule has 24 heavy (non-hydrogen) atoms. The minimum atomic E-state index is -0.189. The third-order valence-electron chi connectivity index (χ3n) is 4.86. The second-order valence-corrected chi connectivity index (χ2v) is 6.99. The molecule has 126 valence electrons. The smallest absolute Gasteiger partial charge is 0.225 e. The van der Waals surface area contributed by atoms with Crippen molar-refractivity contribution in [1.29, 1.82) is 0 Å². The highest BCUT2D eigenvalue weighted by molar-refractivity contribution is 5.59. The monoisotopic (exact) mass is 326 g/mol. The van der Waals surface area contributed by atoms with Gasteiger partial charge in [0.2, 0.25) is 5.95 Å². The maximum absolute atomic E-state index is 13.4. The number of nitrogens with zero attached hydrogens (tertiary/aromatic N) is 2. The van der Waals surface area contributed by atoms with Crippen LogP contribution >= 0.6 is 0 Å². The zero-order valence-corrected chi connectivity index (χ0v) is 14.0. The van der Waals surface area contributed by atoms with Gasteiger partial charge in [-0.3, -0.25) is 0 Å². The van der Waals surface area contributed by atoms with Gasteiger partial charge < -0.3 is 10.6 Å². The van der Waals surface area contributed by atoms with E-state index >= 15 is 0 Å². The lowest BCUT2D eigenvalue weighted by Gasteiger charge is -2.15. The lowest BCUT2D eigenvalue weighted by atomic mass is 10.2. The number of benzene rings is 1. The first-order valence-corrected chi connectivity index (χ1v) is 8.86. The number of aryl methyl sites for hydroxylation is 1. The van der Waals surface area contributed by atoms with Crippen LogP contribution < -0.4 is 10.6 Å². The van der Waals surface area contributed by atoms with Crippen LogP contribution in [0.2, 0.25) is 0 Å². The summed E-state index contributed by atoms with van der Waals surface area (Å²) in [4.78, 5) is 9.34. The fourth-order valence-corrected chi connectivity index (χ4v) is 3.31. The SMILES string of the molecule is Cc1cc(Nc2cc(C3CC3)nc(NC3CCCC3)n2)ccc1F. The average molecular weight is 326 g/mol. The molecule has 2 aromatic rings. The Morgan fingerprint density at radius 3 is 2.54 bits per heavy atom. The van der Waals surface area contributed by atoms with E-state index in [0.29, 0.717) is 23.5 Å². The van der Waals surface area contributed by atoms with Crippen molar-refractivity contribution in [3.8, 4) is 0 Å². The molecule has 4 rings (SSSR count). The molecule has 2 fully saturated rings. The minimum Gasteiger partial charge on any atom is -0.351 e. The molecule has 5 heteroatoms. The lowest BCUT2D eigenvalue weighted by Crippen LogP contribution is -2.17. The molecular formula is C19H23FN4. The molecule has 0 unspecified atom stereocenters. The molecule has 0 spiro atoms. The molecule has 4 nitrogen and oxygen atoms in total. The highest BCUT2D eigenvalue weighted by Gasteiger charge is 2.27. The molecule has 0 atom stereocenters. The van der Waals surface area contributed by atoms with Crippen LogP contribution in [0.15, 0.2) is 24.3 Å². The van der Waals surface area contributed by atoms with E-state index in [-0.39, 0.29) is 5.82 Å². The van der Waals surface area contributed by atoms with Gasteiger partial charge in [-0.05, 0) is 56.4 Å². The number of halogens is 1. The fraction of sp³-hybridized carbons (Fsp3) is 0.474. The van der Waals surface area contributed by atoms with Gasteiger partial charge in [0.15, 0.2) is 0 Å². The maximum Gasteiger partial charge on any atom is 0.225 e. The standard InChI is InChI=1S/C19H23FN4/c1-12-10-15(8-9-16(12)20)21-18-11-17(13-6-7-13)23-19(24-18)22-14-4-2-3-5-14/h8-11,13-14H,2-7H2,1H3,(H2,21,22,23,24). The van der Waals surface area contributed by atoms with E-state index in [1.54, 1.807) is 19.1 Å². The molecule has 2 saturated carbocycles. The summed E-state index contributed by atoms with van der Waals surface area (Å²) in [5.74, 6) is 1.86. The van der Waals surface area contributed by atoms with Gasteiger partial charge in [-0.2, -0.15) is 4.98 Å². The van der Waals surface area contributed by atoms with Gasteiger partial charge in [0.05, 0.1) is 5.69 Å². The van der Waals surface area contributed by atoms with Crippen LogP contribution in [-0.4, -0.2) is 16.0 Å². The Morgan fingerprint density at radius 1 is 1.04 bits per heavy atom. The molecule has 1 aromatic carbocycles. The zero-order chi connectivity index (χ0) is 16.5. The van der Waals surface area contributed by atoms with Gasteiger partial charge >= 0.3 is 0 Å². The molecule has 0 saturated heterocycles. The van der Waals surface area contributed by atoms with E-state index in [1.807, 2.05) is 6.07 Å². The van der Waals surface area contributed by atoms with Gasteiger partial charge in [0.1, 0.15) is 11.6 Å². The molecule has 0 aliphatic heterocycles. The first-order chi connectivity index (χ1) is 11.7. The maximum atomic E-state index is 13.4. The molecule has 1 heterocycles. The van der Waals surface area contributed by atoms with Crippen molar-refractivity contribution in [1.82, 2.24) is 9.97 Å². The zero-order valence-electron chi connectivity index (χ0n) is 14.0. The highest BCUT2D eigenvalue weighted by Crippen LogP contribution is 2.40. The van der Waals surface area contributed by atoms with Crippen molar-refractivity contribution in [2.75, 3.05) is 10.6 Å². The van der Waals surface area contributed by atoms with Crippen LogP contribution in [0.4, 0.5) is 21.8 Å². The summed E-state index contributed by atoms with van der Waals surface area (Å²) >= 11 is 0. The molecule has 2 aliphatic carbocycles. The third-order valence-corrected chi connectivity index (χ3v) is 4.86. The third kappa shape index (κ3) is 3.50. The van der Waals surface area contributed by atoms with Gasteiger partial charge in [-0.15, -0.1) is 0 Å². The minimum absolute atomic E-state index is 0.189. The first kappa shape index (κ1) is 15.4. The molecule has 1 aromatic heterocycles. The summed E-state index contributed by atoms with van der Waals surface area (Å²) in [5, 5.41) is 6.79. The Bertz CT molecular complexity index is 736. The molecular weight excluding hydrogens is 303 g/mol. The number of aromatic nitrogens is 2. The van der Waals surface area contributed by atoms with Crippen LogP contribution in [-0.2, 0) is 0 Å². The van der Waals surface area contributed by atoms with Crippen molar-refractivity contribution in [2.45, 2.75) is 57.4 Å². The van der Waals surface area contributed by atoms with E-state index in [9.17, 15) is 4.39 Å². The van der Waals surface area contributed by atoms with Gasteiger partial charge in [0, 0.05) is 23.7 Å². The molecule has 0 radical (unpaired) electrons. The predicted octanol–water partition coefficient (Wildman–Crippen LogP) is 4.90. The number of anilines is 3. The Hall–Kier alpha value is -2.17. The largest absolute Gasteiger partial charge is 0.351 e. The summed E-state index contributed by atoms with van der Waals surface area (Å²) in [6.45, 7) is 1.77. The number of rotatable bonds is 5. The summed E-state index contributed by atoms with van der Waals surface area (Å²) in [6.07, 6.45) is 7.34. The molecule has 0 bridgehead atoms. The van der Waals surface area contributed by atoms with Crippen molar-refractivity contribution < 1.29 is 4.39 Å². The van der Waals surface area contributed by atoms with Crippen LogP contribution in [0, 0.1) is 12.7 Å². The van der Waals surface area contributed by atoms with Crippen LogP contribution in [0.3, 0.4) is 0 Å². The van der Waals surface area contributed by atoms with E-state index < -0.39 is 0 Å². The normalized spacial score (nSPS) is 17.9. The van der Waals surface area contributed by atoms with E-state index in [4.69, 9.17) is 4.98 Å². The first-order valence-electron chi connectivity index (χ1n) is 8.86. The molecule has 2 N–H and O–H groups in total. The van der Waals surface area contributed by atoms with E-state index in [0.717, 1.165) is 17.2 Å². The predicted molar refractivity (Wildman–Crippen MR) is 94.3 cm³/mol. The van der Waals surface area contributed by atoms with Gasteiger partial charge in [-0.25, -0.2) is 9.37 Å². The molecule has 2 aliphatic rings. The second-order valence-electron chi connectivity index (χ2n) is 6.99. The Balaban J connectivity index is 1.58. The van der Waals surface area contributed by atoms with Crippen molar-refractivity contribution >= 4 is 17.5 Å². The van der Waals surface area contributed by atoms with Crippen LogP contribution in [0.1, 0.15) is 55.7 Å². The van der Waals surface area contributed by atoms with E-state index in [2.05, 4.69) is 15.6 Å². The van der Waals surface area contributed by atoms with Crippen LogP contribution in [0.25, 0.3) is 0 Å². The summed E-state index contributed by atoms with van der Waals surface area (Å²) in [7, 11) is 0. The second kappa shape index (κ2) is 6.38. The Kier molecular flexibility index (Phi) is 4.08. The summed E-state index contributed by atoms with van der Waals surface area (Å²) in [5.41, 5.74) is 2.58.